The number of amides is 1. The first kappa shape index (κ1) is 30.2. The lowest BCUT2D eigenvalue weighted by Gasteiger charge is -2.46. The normalized spacial score (nSPS) is 25.4. The number of likely N-dealkylation sites (tertiary alicyclic amines) is 1. The molecule has 0 aliphatic carbocycles. The van der Waals surface area contributed by atoms with Gasteiger partial charge < -0.3 is 15.2 Å². The third-order valence-electron chi connectivity index (χ3n) is 7.35. The summed E-state index contributed by atoms with van der Waals surface area (Å²) in [7, 11) is -3.82. The van der Waals surface area contributed by atoms with Gasteiger partial charge in [0.2, 0.25) is 15.9 Å². The summed E-state index contributed by atoms with van der Waals surface area (Å²) in [5.41, 5.74) is 4.98. The Labute approximate surface area is 225 Å². The van der Waals surface area contributed by atoms with Crippen molar-refractivity contribution in [3.8, 4) is 5.75 Å². The number of hydrogen-bond acceptors (Lipinski definition) is 6. The number of carbonyl (C=O) groups excluding carboxylic acids is 1. The summed E-state index contributed by atoms with van der Waals surface area (Å²) in [5, 5.41) is 5.18. The molecule has 0 aromatic heterocycles. The fourth-order valence-corrected chi connectivity index (χ4v) is 5.70. The molecule has 3 unspecified atom stereocenters. The maximum Gasteiger partial charge on any atom is 0.416 e. The van der Waals surface area contributed by atoms with Crippen molar-refractivity contribution in [3.63, 3.8) is 0 Å². The molecule has 2 heterocycles. The number of alkyl halides is 3. The number of halogens is 4. The number of carbonyl (C=O) groups is 1. The molecule has 38 heavy (non-hydrogen) atoms. The second-order valence-electron chi connectivity index (χ2n) is 9.66. The van der Waals surface area contributed by atoms with Crippen LogP contribution in [-0.4, -0.2) is 56.7 Å². The van der Waals surface area contributed by atoms with E-state index in [1.165, 1.54) is 24.3 Å². The van der Waals surface area contributed by atoms with Crippen LogP contribution in [0.2, 0.25) is 0 Å². The van der Waals surface area contributed by atoms with E-state index >= 15 is 0 Å². The number of rotatable bonds is 7. The molecule has 2 aromatic rings. The van der Waals surface area contributed by atoms with E-state index in [1.807, 2.05) is 11.8 Å². The molecule has 0 radical (unpaired) electrons. The third kappa shape index (κ3) is 6.42. The van der Waals surface area contributed by atoms with Gasteiger partial charge in [0.15, 0.2) is 0 Å². The zero-order valence-electron chi connectivity index (χ0n) is 20.7. The molecule has 210 valence electrons. The highest BCUT2D eigenvalue weighted by atomic mass is 35.5. The molecule has 2 aromatic carbocycles. The number of sulfonamides is 1. The first-order chi connectivity index (χ1) is 17.3. The van der Waals surface area contributed by atoms with Crippen LogP contribution in [0.5, 0.6) is 5.75 Å². The highest BCUT2D eigenvalue weighted by molar-refractivity contribution is 7.89. The van der Waals surface area contributed by atoms with Crippen molar-refractivity contribution >= 4 is 28.3 Å². The molecule has 13 heteroatoms. The maximum atomic E-state index is 13.1. The average Bonchev–Trinajstić information content (AvgIpc) is 3.31. The predicted molar refractivity (Wildman–Crippen MR) is 136 cm³/mol. The van der Waals surface area contributed by atoms with Crippen LogP contribution >= 0.6 is 12.4 Å². The maximum absolute atomic E-state index is 13.1. The van der Waals surface area contributed by atoms with Crippen LogP contribution < -0.4 is 15.6 Å². The number of hydrogen-bond donors (Lipinski definition) is 2. The van der Waals surface area contributed by atoms with Crippen LogP contribution in [0, 0.1) is 0 Å². The molecule has 2 saturated heterocycles. The Morgan fingerprint density at radius 3 is 2.50 bits per heavy atom. The molecule has 2 fully saturated rings. The van der Waals surface area contributed by atoms with E-state index in [4.69, 9.17) is 20.3 Å². The van der Waals surface area contributed by atoms with Gasteiger partial charge in [-0.3, -0.25) is 9.69 Å². The van der Waals surface area contributed by atoms with Gasteiger partial charge in [-0.15, -0.1) is 12.4 Å². The molecular weight excluding hydrogens is 547 g/mol. The highest BCUT2D eigenvalue weighted by Gasteiger charge is 2.50. The minimum atomic E-state index is -4.47. The Morgan fingerprint density at radius 1 is 1.21 bits per heavy atom. The molecule has 0 saturated carbocycles. The lowest BCUT2D eigenvalue weighted by molar-refractivity contribution is -0.142. The summed E-state index contributed by atoms with van der Waals surface area (Å²) in [6.45, 7) is 3.06. The Balaban J connectivity index is 0.00000400. The monoisotopic (exact) mass is 577 g/mol. The van der Waals surface area contributed by atoms with Crippen LogP contribution in [0.4, 0.5) is 13.2 Å². The molecule has 2 aliphatic rings. The van der Waals surface area contributed by atoms with Crippen LogP contribution in [0.25, 0.3) is 0 Å². The molecule has 0 bridgehead atoms. The van der Waals surface area contributed by atoms with Crippen molar-refractivity contribution in [2.75, 3.05) is 19.7 Å². The Bertz CT molecular complexity index is 1250. The minimum absolute atomic E-state index is 0. The molecular formula is C25H31ClF3N3O5S. The second kappa shape index (κ2) is 11.4. The summed E-state index contributed by atoms with van der Waals surface area (Å²) >= 11 is 0. The summed E-state index contributed by atoms with van der Waals surface area (Å²) < 4.78 is 74.2. The molecule has 0 spiro atoms. The van der Waals surface area contributed by atoms with Gasteiger partial charge in [0.05, 0.1) is 16.6 Å². The van der Waals surface area contributed by atoms with Gasteiger partial charge in [0.25, 0.3) is 0 Å². The third-order valence-corrected chi connectivity index (χ3v) is 8.28. The lowest BCUT2D eigenvalue weighted by Crippen LogP contribution is -2.61. The fraction of sp³-hybridized carbons (Fsp3) is 0.480. The number of benzene rings is 2. The van der Waals surface area contributed by atoms with Gasteiger partial charge in [0.1, 0.15) is 17.4 Å². The van der Waals surface area contributed by atoms with Crippen molar-refractivity contribution in [3.05, 3.63) is 59.7 Å². The Kier molecular flexibility index (Phi) is 9.04. The second-order valence-corrected chi connectivity index (χ2v) is 11.2. The van der Waals surface area contributed by atoms with Crippen molar-refractivity contribution < 1.29 is 35.9 Å². The van der Waals surface area contributed by atoms with Gasteiger partial charge >= 0.3 is 6.18 Å². The fourth-order valence-electron chi connectivity index (χ4n) is 5.19. The summed E-state index contributed by atoms with van der Waals surface area (Å²) in [6.07, 6.45) is -4.01. The largest absolute Gasteiger partial charge is 0.489 e. The topological polar surface area (TPSA) is 125 Å². The van der Waals surface area contributed by atoms with E-state index in [9.17, 15) is 26.4 Å². The first-order valence-electron chi connectivity index (χ1n) is 11.9. The molecule has 4 N–H and O–H groups in total. The van der Waals surface area contributed by atoms with Gasteiger partial charge in [-0.1, -0.05) is 25.1 Å². The predicted octanol–water partition coefficient (Wildman–Crippen LogP) is 3.43. The minimum Gasteiger partial charge on any atom is -0.489 e. The van der Waals surface area contributed by atoms with Crippen LogP contribution in [0.15, 0.2) is 53.4 Å². The standard InChI is InChI=1S/C25H30F3N3O5S.ClH/c1-16(17-5-7-21(8-6-17)37(30,33)34)22-14-24(23(29)32,10-12-35-22)31-11-9-20(15-31)36-19-4-2-3-18(13-19)25(26,27)28;/h2-8,13,16,20,22H,9-12,14-15H2,1H3,(H2,29,32)(H2,30,33,34);1H/t16-,20?,22?,24?;/m0./s1. The molecule has 1 amide bonds. The molecule has 2 aliphatic heterocycles. The lowest BCUT2D eigenvalue weighted by atomic mass is 9.79. The van der Waals surface area contributed by atoms with Gasteiger partial charge in [0, 0.05) is 32.0 Å². The summed E-state index contributed by atoms with van der Waals surface area (Å²) in [5.74, 6) is -0.540. The SMILES string of the molecule is C[C@@H](c1ccc(S(N)(=O)=O)cc1)C1CC(C(N)=O)(N2CCC(Oc3cccc(C(F)(F)F)c3)C2)CCO1.Cl. The zero-order valence-corrected chi connectivity index (χ0v) is 22.3. The summed E-state index contributed by atoms with van der Waals surface area (Å²) in [6, 6.07) is 10.9. The van der Waals surface area contributed by atoms with Crippen LogP contribution in [0.3, 0.4) is 0 Å². The van der Waals surface area contributed by atoms with Crippen LogP contribution in [0.1, 0.15) is 43.2 Å². The van der Waals surface area contributed by atoms with E-state index < -0.39 is 39.3 Å². The van der Waals surface area contributed by atoms with Gasteiger partial charge in [-0.05, 0) is 48.7 Å². The number of primary amides is 1. The van der Waals surface area contributed by atoms with Crippen molar-refractivity contribution in [2.24, 2.45) is 10.9 Å². The average molecular weight is 578 g/mol. The van der Waals surface area contributed by atoms with Crippen LogP contribution in [-0.2, 0) is 25.7 Å². The number of nitrogens with zero attached hydrogens (tertiary/aromatic N) is 1. The van der Waals surface area contributed by atoms with Gasteiger partial charge in [-0.25, -0.2) is 13.6 Å². The van der Waals surface area contributed by atoms with E-state index in [0.29, 0.717) is 39.0 Å². The van der Waals surface area contributed by atoms with E-state index in [2.05, 4.69) is 0 Å². The Morgan fingerprint density at radius 2 is 1.89 bits per heavy atom. The highest BCUT2D eigenvalue weighted by Crippen LogP contribution is 2.39. The zero-order chi connectivity index (χ0) is 27.0. The molecule has 4 rings (SSSR count). The van der Waals surface area contributed by atoms with Crippen molar-refractivity contribution in [2.45, 2.75) is 60.9 Å². The molecule has 4 atom stereocenters. The van der Waals surface area contributed by atoms with E-state index in [1.54, 1.807) is 12.1 Å². The number of primary sulfonamides is 1. The van der Waals surface area contributed by atoms with Gasteiger partial charge in [-0.2, -0.15) is 13.2 Å². The van der Waals surface area contributed by atoms with Crippen molar-refractivity contribution in [1.29, 1.82) is 0 Å². The quantitative estimate of drug-likeness (QED) is 0.519. The summed E-state index contributed by atoms with van der Waals surface area (Å²) in [4.78, 5) is 14.8. The smallest absolute Gasteiger partial charge is 0.416 e. The van der Waals surface area contributed by atoms with E-state index in [0.717, 1.165) is 17.7 Å². The number of ether oxygens (including phenoxy) is 2. The number of nitrogens with two attached hydrogens (primary N) is 2. The first-order valence-corrected chi connectivity index (χ1v) is 13.5. The Hall–Kier alpha value is -2.38. The van der Waals surface area contributed by atoms with E-state index in [-0.39, 0.29) is 35.1 Å². The van der Waals surface area contributed by atoms with Crippen molar-refractivity contribution in [1.82, 2.24) is 4.90 Å². The molecule has 8 nitrogen and oxygen atoms in total.